The van der Waals surface area contributed by atoms with Gasteiger partial charge in [0, 0.05) is 12.4 Å². The Balaban J connectivity index is 3.55. The first-order chi connectivity index (χ1) is 8.59. The van der Waals surface area contributed by atoms with Crippen LogP contribution < -0.4 is 0 Å². The highest BCUT2D eigenvalue weighted by atomic mass is 19.4. The van der Waals surface area contributed by atoms with E-state index in [1.54, 1.807) is 0 Å². The molecule has 0 amide bonds. The quantitative estimate of drug-likeness (QED) is 0.619. The van der Waals surface area contributed by atoms with Gasteiger partial charge in [-0.25, -0.2) is 4.79 Å². The molecule has 0 aliphatic heterocycles. The molecule has 0 aliphatic rings. The third-order valence-electron chi connectivity index (χ3n) is 2.04. The summed E-state index contributed by atoms with van der Waals surface area (Å²) in [6, 6.07) is 0. The SMILES string of the molecule is CCOC(=O)c1c(C(F)(F)F)cncc1C(F)(F)F. The van der Waals surface area contributed by atoms with Crippen LogP contribution in [0.4, 0.5) is 26.3 Å². The van der Waals surface area contributed by atoms with Crippen molar-refractivity contribution < 1.29 is 35.9 Å². The third kappa shape index (κ3) is 3.36. The van der Waals surface area contributed by atoms with E-state index in [1.165, 1.54) is 6.92 Å². The number of hydrogen-bond donors (Lipinski definition) is 0. The standard InChI is InChI=1S/C10H7F6NO2/c1-2-19-8(18)7-5(9(11,12)13)3-17-4-6(7)10(14,15)16/h3-4H,2H2,1H3. The smallest absolute Gasteiger partial charge is 0.418 e. The van der Waals surface area contributed by atoms with Crippen molar-refractivity contribution in [1.82, 2.24) is 4.98 Å². The lowest BCUT2D eigenvalue weighted by Crippen LogP contribution is -2.22. The molecule has 0 atom stereocenters. The Labute approximate surface area is 103 Å². The lowest BCUT2D eigenvalue weighted by atomic mass is 10.0. The number of carbonyl (C=O) groups excluding carboxylic acids is 1. The van der Waals surface area contributed by atoms with Gasteiger partial charge in [-0.2, -0.15) is 26.3 Å². The Hall–Kier alpha value is -1.80. The first kappa shape index (κ1) is 15.3. The van der Waals surface area contributed by atoms with Gasteiger partial charge in [-0.1, -0.05) is 0 Å². The van der Waals surface area contributed by atoms with Crippen molar-refractivity contribution in [2.75, 3.05) is 6.61 Å². The maximum Gasteiger partial charge on any atom is 0.418 e. The number of esters is 1. The number of aromatic nitrogens is 1. The fourth-order valence-corrected chi connectivity index (χ4v) is 1.31. The van der Waals surface area contributed by atoms with Gasteiger partial charge in [-0.05, 0) is 6.92 Å². The van der Waals surface area contributed by atoms with E-state index in [9.17, 15) is 31.1 Å². The van der Waals surface area contributed by atoms with Crippen LogP contribution in [0.15, 0.2) is 12.4 Å². The van der Waals surface area contributed by atoms with Gasteiger partial charge in [-0.3, -0.25) is 4.98 Å². The molecule has 0 radical (unpaired) electrons. The van der Waals surface area contributed by atoms with Crippen LogP contribution >= 0.6 is 0 Å². The number of alkyl halides is 6. The van der Waals surface area contributed by atoms with E-state index in [1.807, 2.05) is 0 Å². The second-order valence-electron chi connectivity index (χ2n) is 3.33. The summed E-state index contributed by atoms with van der Waals surface area (Å²) in [7, 11) is 0. The van der Waals surface area contributed by atoms with Gasteiger partial charge in [0.05, 0.1) is 23.3 Å². The topological polar surface area (TPSA) is 39.2 Å². The predicted octanol–water partition coefficient (Wildman–Crippen LogP) is 3.30. The second kappa shape index (κ2) is 5.06. The lowest BCUT2D eigenvalue weighted by molar-refractivity contribution is -0.144. The molecule has 1 aromatic rings. The zero-order chi connectivity index (χ0) is 14.8. The highest BCUT2D eigenvalue weighted by Gasteiger charge is 2.43. The number of carbonyl (C=O) groups is 1. The summed E-state index contributed by atoms with van der Waals surface area (Å²) < 4.78 is 79.8. The van der Waals surface area contributed by atoms with Crippen molar-refractivity contribution in [3.8, 4) is 0 Å². The monoisotopic (exact) mass is 287 g/mol. The molecular weight excluding hydrogens is 280 g/mol. The summed E-state index contributed by atoms with van der Waals surface area (Å²) in [6.07, 6.45) is -9.98. The first-order valence-electron chi connectivity index (χ1n) is 4.88. The minimum absolute atomic E-state index is 0.154. The maximum atomic E-state index is 12.6. The zero-order valence-corrected chi connectivity index (χ0v) is 9.39. The van der Waals surface area contributed by atoms with Gasteiger partial charge >= 0.3 is 18.3 Å². The summed E-state index contributed by atoms with van der Waals surface area (Å²) in [5.41, 5.74) is -5.13. The van der Waals surface area contributed by atoms with Crippen LogP contribution in [-0.4, -0.2) is 17.6 Å². The number of hydrogen-bond acceptors (Lipinski definition) is 3. The molecule has 0 bridgehead atoms. The van der Waals surface area contributed by atoms with Crippen LogP contribution in [0.3, 0.4) is 0 Å². The Kier molecular flexibility index (Phi) is 4.06. The molecule has 0 aliphatic carbocycles. The first-order valence-corrected chi connectivity index (χ1v) is 4.88. The Morgan fingerprint density at radius 1 is 1.11 bits per heavy atom. The number of pyridine rings is 1. The zero-order valence-electron chi connectivity index (χ0n) is 9.39. The summed E-state index contributed by atoms with van der Waals surface area (Å²) in [5, 5.41) is 0. The molecule has 0 saturated heterocycles. The molecule has 1 rings (SSSR count). The Bertz CT molecular complexity index is 448. The number of halogens is 6. The Morgan fingerprint density at radius 3 is 1.84 bits per heavy atom. The van der Waals surface area contributed by atoms with E-state index >= 15 is 0 Å². The lowest BCUT2D eigenvalue weighted by Gasteiger charge is -2.16. The van der Waals surface area contributed by atoms with E-state index in [2.05, 4.69) is 9.72 Å². The summed E-state index contributed by atoms with van der Waals surface area (Å²) >= 11 is 0. The molecule has 1 aromatic heterocycles. The molecule has 0 saturated carbocycles. The van der Waals surface area contributed by atoms with E-state index < -0.39 is 35.0 Å². The molecule has 0 fully saturated rings. The highest BCUT2D eigenvalue weighted by Crippen LogP contribution is 2.38. The molecule has 9 heteroatoms. The van der Waals surface area contributed by atoms with Crippen LogP contribution in [0.1, 0.15) is 28.4 Å². The largest absolute Gasteiger partial charge is 0.462 e. The molecule has 0 N–H and O–H groups in total. The van der Waals surface area contributed by atoms with Crippen LogP contribution in [0, 0.1) is 0 Å². The molecule has 0 aromatic carbocycles. The van der Waals surface area contributed by atoms with Gasteiger partial charge in [-0.15, -0.1) is 0 Å². The van der Waals surface area contributed by atoms with Crippen LogP contribution in [-0.2, 0) is 17.1 Å². The van der Waals surface area contributed by atoms with Gasteiger partial charge < -0.3 is 4.74 Å². The molecule has 0 unspecified atom stereocenters. The molecular formula is C10H7F6NO2. The maximum absolute atomic E-state index is 12.6. The van der Waals surface area contributed by atoms with Crippen molar-refractivity contribution in [1.29, 1.82) is 0 Å². The van der Waals surface area contributed by atoms with Crippen molar-refractivity contribution in [3.63, 3.8) is 0 Å². The average molecular weight is 287 g/mol. The fourth-order valence-electron chi connectivity index (χ4n) is 1.31. The van der Waals surface area contributed by atoms with E-state index in [0.29, 0.717) is 0 Å². The summed E-state index contributed by atoms with van der Waals surface area (Å²) in [6.45, 7) is 0.912. The van der Waals surface area contributed by atoms with E-state index in [-0.39, 0.29) is 19.0 Å². The number of nitrogens with zero attached hydrogens (tertiary/aromatic N) is 1. The van der Waals surface area contributed by atoms with Crippen molar-refractivity contribution >= 4 is 5.97 Å². The Morgan fingerprint density at radius 2 is 1.53 bits per heavy atom. The second-order valence-corrected chi connectivity index (χ2v) is 3.33. The number of rotatable bonds is 2. The number of ether oxygens (including phenoxy) is 1. The molecule has 1 heterocycles. The fraction of sp³-hybridized carbons (Fsp3) is 0.400. The van der Waals surface area contributed by atoms with Crippen molar-refractivity contribution in [2.24, 2.45) is 0 Å². The molecule has 106 valence electrons. The van der Waals surface area contributed by atoms with Crippen molar-refractivity contribution in [3.05, 3.63) is 29.1 Å². The third-order valence-corrected chi connectivity index (χ3v) is 2.04. The highest BCUT2D eigenvalue weighted by molar-refractivity contribution is 5.93. The minimum Gasteiger partial charge on any atom is -0.462 e. The van der Waals surface area contributed by atoms with Crippen LogP contribution in [0.5, 0.6) is 0 Å². The normalized spacial score (nSPS) is 12.4. The van der Waals surface area contributed by atoms with Gasteiger partial charge in [0.15, 0.2) is 0 Å². The van der Waals surface area contributed by atoms with Gasteiger partial charge in [0.25, 0.3) is 0 Å². The van der Waals surface area contributed by atoms with Crippen LogP contribution in [0.25, 0.3) is 0 Å². The molecule has 19 heavy (non-hydrogen) atoms. The summed E-state index contributed by atoms with van der Waals surface area (Å²) in [5.74, 6) is -1.69. The summed E-state index contributed by atoms with van der Waals surface area (Å²) in [4.78, 5) is 14.2. The molecule has 3 nitrogen and oxygen atoms in total. The molecule has 0 spiro atoms. The minimum atomic E-state index is -5.14. The van der Waals surface area contributed by atoms with Gasteiger partial charge in [0.2, 0.25) is 0 Å². The van der Waals surface area contributed by atoms with Gasteiger partial charge in [0.1, 0.15) is 0 Å². The van der Waals surface area contributed by atoms with E-state index in [4.69, 9.17) is 0 Å². The average Bonchev–Trinajstić information content (AvgIpc) is 2.26. The van der Waals surface area contributed by atoms with Crippen molar-refractivity contribution in [2.45, 2.75) is 19.3 Å². The van der Waals surface area contributed by atoms with E-state index in [0.717, 1.165) is 0 Å². The predicted molar refractivity (Wildman–Crippen MR) is 50.2 cm³/mol. The van der Waals surface area contributed by atoms with Crippen LogP contribution in [0.2, 0.25) is 0 Å².